The molecular weight excluding hydrogens is 280 g/mol. The third-order valence-corrected chi connectivity index (χ3v) is 2.48. The summed E-state index contributed by atoms with van der Waals surface area (Å²) in [6.45, 7) is 0. The van der Waals surface area contributed by atoms with Crippen molar-refractivity contribution in [3.63, 3.8) is 0 Å². The summed E-state index contributed by atoms with van der Waals surface area (Å²) < 4.78 is 0.994. The molecule has 1 aromatic carbocycles. The second-order valence-corrected chi connectivity index (χ2v) is 4.28. The molecule has 1 nitrogen and oxygen atoms in total. The quantitative estimate of drug-likeness (QED) is 0.644. The van der Waals surface area contributed by atoms with Crippen molar-refractivity contribution in [1.82, 2.24) is 0 Å². The largest absolute Gasteiger partial charge is 0.298 e. The van der Waals surface area contributed by atoms with Crippen molar-refractivity contribution < 1.29 is 4.79 Å². The Balaban J connectivity index is 0.000000292. The monoisotopic (exact) mass is 292 g/mol. The van der Waals surface area contributed by atoms with E-state index in [1.54, 1.807) is 12.1 Å². The lowest BCUT2D eigenvalue weighted by Gasteiger charge is -1.87. The van der Waals surface area contributed by atoms with Gasteiger partial charge in [0.15, 0.2) is 0 Å². The molecular formula is C10H13BrOS2. The molecule has 4 heteroatoms. The van der Waals surface area contributed by atoms with Crippen LogP contribution in [-0.4, -0.2) is 17.8 Å². The van der Waals surface area contributed by atoms with E-state index >= 15 is 0 Å². The van der Waals surface area contributed by atoms with E-state index in [4.69, 9.17) is 0 Å². The van der Waals surface area contributed by atoms with Gasteiger partial charge < -0.3 is 0 Å². The van der Waals surface area contributed by atoms with E-state index in [0.717, 1.165) is 28.7 Å². The number of halogens is 1. The molecule has 14 heavy (non-hydrogen) atoms. The Morgan fingerprint density at radius 2 is 1.64 bits per heavy atom. The minimum absolute atomic E-state index is 0.707. The van der Waals surface area contributed by atoms with Gasteiger partial charge >= 0.3 is 0 Å². The van der Waals surface area contributed by atoms with Gasteiger partial charge in [-0.2, -0.15) is 25.3 Å². The third kappa shape index (κ3) is 7.47. The van der Waals surface area contributed by atoms with Gasteiger partial charge in [0.1, 0.15) is 6.29 Å². The smallest absolute Gasteiger partial charge is 0.150 e. The minimum Gasteiger partial charge on any atom is -0.298 e. The molecule has 0 aliphatic carbocycles. The van der Waals surface area contributed by atoms with Crippen LogP contribution in [0.2, 0.25) is 0 Å². The molecule has 0 atom stereocenters. The van der Waals surface area contributed by atoms with E-state index in [9.17, 15) is 4.79 Å². The summed E-state index contributed by atoms with van der Waals surface area (Å²) in [7, 11) is 0. The molecule has 1 rings (SSSR count). The number of aldehydes is 1. The summed E-state index contributed by atoms with van der Waals surface area (Å²) in [5.41, 5.74) is 0.707. The predicted octanol–water partition coefficient (Wildman–Crippen LogP) is 3.50. The van der Waals surface area contributed by atoms with Crippen LogP contribution in [-0.2, 0) is 0 Å². The van der Waals surface area contributed by atoms with Gasteiger partial charge in [-0.3, -0.25) is 4.79 Å². The lowest BCUT2D eigenvalue weighted by molar-refractivity contribution is 0.112. The van der Waals surface area contributed by atoms with Crippen LogP contribution in [0.25, 0.3) is 0 Å². The maximum absolute atomic E-state index is 10.1. The number of hydrogen-bond donors (Lipinski definition) is 2. The molecule has 0 spiro atoms. The fraction of sp³-hybridized carbons (Fsp3) is 0.300. The minimum atomic E-state index is 0.707. The maximum atomic E-state index is 10.1. The SMILES string of the molecule is O=Cc1ccc(Br)cc1.SCCCS. The van der Waals surface area contributed by atoms with E-state index in [1.807, 2.05) is 12.1 Å². The molecule has 0 N–H and O–H groups in total. The molecule has 0 saturated carbocycles. The lowest BCUT2D eigenvalue weighted by atomic mass is 10.2. The first-order valence-electron chi connectivity index (χ1n) is 4.17. The highest BCUT2D eigenvalue weighted by molar-refractivity contribution is 9.10. The Hall–Kier alpha value is 0.0700. The zero-order chi connectivity index (χ0) is 10.8. The Morgan fingerprint density at radius 1 is 1.14 bits per heavy atom. The van der Waals surface area contributed by atoms with Crippen LogP contribution in [0, 0.1) is 0 Å². The van der Waals surface area contributed by atoms with Crippen molar-refractivity contribution in [3.8, 4) is 0 Å². The second kappa shape index (κ2) is 9.62. The highest BCUT2D eigenvalue weighted by atomic mass is 79.9. The molecule has 0 aliphatic heterocycles. The zero-order valence-corrected chi connectivity index (χ0v) is 11.1. The molecule has 0 unspecified atom stereocenters. The van der Waals surface area contributed by atoms with Gasteiger partial charge in [0.25, 0.3) is 0 Å². The van der Waals surface area contributed by atoms with E-state index in [-0.39, 0.29) is 0 Å². The molecule has 0 amide bonds. The highest BCUT2D eigenvalue weighted by Gasteiger charge is 1.86. The normalized spacial score (nSPS) is 8.79. The summed E-state index contributed by atoms with van der Waals surface area (Å²) in [5.74, 6) is 1.92. The van der Waals surface area contributed by atoms with Gasteiger partial charge in [-0.1, -0.05) is 28.1 Å². The van der Waals surface area contributed by atoms with Gasteiger partial charge in [-0.25, -0.2) is 0 Å². The summed E-state index contributed by atoms with van der Waals surface area (Å²) in [4.78, 5) is 10.1. The summed E-state index contributed by atoms with van der Waals surface area (Å²) in [6, 6.07) is 7.20. The standard InChI is InChI=1S/C7H5BrO.C3H8S2/c8-7-3-1-6(5-9)2-4-7;4-2-1-3-5/h1-5H;4-5H,1-3H2. The van der Waals surface area contributed by atoms with Crippen LogP contribution in [0.15, 0.2) is 28.7 Å². The van der Waals surface area contributed by atoms with Gasteiger partial charge in [-0.05, 0) is 30.1 Å². The van der Waals surface area contributed by atoms with Crippen LogP contribution >= 0.6 is 41.2 Å². The molecule has 0 saturated heterocycles. The molecule has 0 heterocycles. The van der Waals surface area contributed by atoms with Crippen molar-refractivity contribution in [3.05, 3.63) is 34.3 Å². The Morgan fingerprint density at radius 3 is 1.93 bits per heavy atom. The molecule has 0 aromatic heterocycles. The molecule has 0 bridgehead atoms. The summed E-state index contributed by atoms with van der Waals surface area (Å²) >= 11 is 11.2. The van der Waals surface area contributed by atoms with Crippen molar-refractivity contribution in [1.29, 1.82) is 0 Å². The topological polar surface area (TPSA) is 17.1 Å². The van der Waals surface area contributed by atoms with Crippen molar-refractivity contribution >= 4 is 47.5 Å². The van der Waals surface area contributed by atoms with Crippen LogP contribution < -0.4 is 0 Å². The van der Waals surface area contributed by atoms with Gasteiger partial charge in [0.2, 0.25) is 0 Å². The Kier molecular flexibility index (Phi) is 9.67. The van der Waals surface area contributed by atoms with Crippen molar-refractivity contribution in [2.45, 2.75) is 6.42 Å². The zero-order valence-electron chi connectivity index (χ0n) is 7.69. The molecule has 1 aromatic rings. The Bertz CT molecular complexity index is 247. The number of thiol groups is 2. The molecule has 0 fully saturated rings. The first kappa shape index (κ1) is 14.1. The number of carbonyl (C=O) groups is 1. The number of benzene rings is 1. The maximum Gasteiger partial charge on any atom is 0.150 e. The molecule has 0 radical (unpaired) electrons. The first-order valence-corrected chi connectivity index (χ1v) is 6.23. The van der Waals surface area contributed by atoms with Crippen LogP contribution in [0.5, 0.6) is 0 Å². The average molecular weight is 293 g/mol. The van der Waals surface area contributed by atoms with Gasteiger partial charge in [-0.15, -0.1) is 0 Å². The van der Waals surface area contributed by atoms with Crippen molar-refractivity contribution in [2.75, 3.05) is 11.5 Å². The number of rotatable bonds is 3. The summed E-state index contributed by atoms with van der Waals surface area (Å²) in [6.07, 6.45) is 1.94. The van der Waals surface area contributed by atoms with Crippen LogP contribution in [0.1, 0.15) is 16.8 Å². The highest BCUT2D eigenvalue weighted by Crippen LogP contribution is 2.08. The van der Waals surface area contributed by atoms with Gasteiger partial charge in [0.05, 0.1) is 0 Å². The van der Waals surface area contributed by atoms with Gasteiger partial charge in [0, 0.05) is 10.0 Å². The number of carbonyl (C=O) groups excluding carboxylic acids is 1. The van der Waals surface area contributed by atoms with Crippen LogP contribution in [0.3, 0.4) is 0 Å². The van der Waals surface area contributed by atoms with E-state index in [0.29, 0.717) is 5.56 Å². The summed E-state index contributed by atoms with van der Waals surface area (Å²) in [5, 5.41) is 0. The second-order valence-electron chi connectivity index (χ2n) is 2.47. The fourth-order valence-corrected chi connectivity index (χ4v) is 1.44. The Labute approximate surface area is 104 Å². The van der Waals surface area contributed by atoms with E-state index in [2.05, 4.69) is 41.2 Å². The predicted molar refractivity (Wildman–Crippen MR) is 71.9 cm³/mol. The number of hydrogen-bond acceptors (Lipinski definition) is 3. The fourth-order valence-electron chi connectivity index (χ4n) is 0.612. The van der Waals surface area contributed by atoms with Crippen molar-refractivity contribution in [2.24, 2.45) is 0 Å². The van der Waals surface area contributed by atoms with E-state index in [1.165, 1.54) is 0 Å². The lowest BCUT2D eigenvalue weighted by Crippen LogP contribution is -1.75. The third-order valence-electron chi connectivity index (χ3n) is 1.32. The first-order chi connectivity index (χ1) is 6.74. The molecule has 0 aliphatic rings. The molecule has 78 valence electrons. The van der Waals surface area contributed by atoms with Crippen LogP contribution in [0.4, 0.5) is 0 Å². The van der Waals surface area contributed by atoms with E-state index < -0.39 is 0 Å². The average Bonchev–Trinajstić information content (AvgIpc) is 2.21.